The Morgan fingerprint density at radius 2 is 2.16 bits per heavy atom. The lowest BCUT2D eigenvalue weighted by atomic mass is 9.83. The first-order chi connectivity index (χ1) is 8.92. The molecule has 102 valence electrons. The van der Waals surface area contributed by atoms with Crippen LogP contribution in [0, 0.1) is 5.92 Å². The lowest BCUT2D eigenvalue weighted by molar-refractivity contribution is -0.140. The minimum absolute atomic E-state index is 0.0682. The van der Waals surface area contributed by atoms with Crippen molar-refractivity contribution in [2.45, 2.75) is 50.9 Å². The van der Waals surface area contributed by atoms with Gasteiger partial charge in [0.1, 0.15) is 12.2 Å². The van der Waals surface area contributed by atoms with Gasteiger partial charge in [-0.2, -0.15) is 0 Å². The Morgan fingerprint density at radius 1 is 1.42 bits per heavy atom. The predicted octanol–water partition coefficient (Wildman–Crippen LogP) is 1.94. The smallest absolute Gasteiger partial charge is 0.334 e. The van der Waals surface area contributed by atoms with Crippen molar-refractivity contribution in [1.82, 2.24) is 0 Å². The number of rotatable bonds is 0. The zero-order valence-corrected chi connectivity index (χ0v) is 11.3. The van der Waals surface area contributed by atoms with Crippen molar-refractivity contribution in [3.8, 4) is 0 Å². The Hall–Kier alpha value is -1.42. The van der Waals surface area contributed by atoms with E-state index in [0.717, 1.165) is 18.4 Å². The molecule has 4 atom stereocenters. The number of carbonyl (C=O) groups excluding carboxylic acids is 2. The van der Waals surface area contributed by atoms with Crippen LogP contribution in [0.3, 0.4) is 0 Å². The second-order valence-electron chi connectivity index (χ2n) is 5.91. The fourth-order valence-electron chi connectivity index (χ4n) is 3.06. The number of allylic oxidation sites excluding steroid dienone is 2. The summed E-state index contributed by atoms with van der Waals surface area (Å²) in [5.41, 5.74) is 0.934. The molecule has 3 rings (SSSR count). The lowest BCUT2D eigenvalue weighted by Crippen LogP contribution is -2.30. The van der Waals surface area contributed by atoms with E-state index < -0.39 is 0 Å². The van der Waals surface area contributed by atoms with E-state index in [-0.39, 0.29) is 41.9 Å². The molecule has 0 aromatic heterocycles. The van der Waals surface area contributed by atoms with Crippen LogP contribution < -0.4 is 0 Å². The van der Waals surface area contributed by atoms with Crippen LogP contribution in [0.5, 0.6) is 0 Å². The minimum atomic E-state index is -0.387. The Balaban J connectivity index is 1.93. The third kappa shape index (κ3) is 1.94. The number of Topliss-reactive ketones (excluding diaryl/α,β-unsaturated/α-hetero) is 1. The predicted molar refractivity (Wildman–Crippen MR) is 68.4 cm³/mol. The van der Waals surface area contributed by atoms with Gasteiger partial charge in [-0.1, -0.05) is 12.7 Å². The number of ketones is 1. The van der Waals surface area contributed by atoms with E-state index in [1.54, 1.807) is 0 Å². The van der Waals surface area contributed by atoms with Crippen LogP contribution in [0.4, 0.5) is 0 Å². The summed E-state index contributed by atoms with van der Waals surface area (Å²) < 4.78 is 11.1. The molecule has 0 spiro atoms. The van der Waals surface area contributed by atoms with Gasteiger partial charge in [0.2, 0.25) is 0 Å². The van der Waals surface area contributed by atoms with Crippen LogP contribution in [0.1, 0.15) is 33.1 Å². The van der Waals surface area contributed by atoms with E-state index in [2.05, 4.69) is 6.58 Å². The maximum atomic E-state index is 12.1. The van der Waals surface area contributed by atoms with Gasteiger partial charge in [-0.15, -0.1) is 0 Å². The van der Waals surface area contributed by atoms with E-state index in [1.807, 2.05) is 19.9 Å². The highest BCUT2D eigenvalue weighted by Crippen LogP contribution is 2.49. The zero-order chi connectivity index (χ0) is 13.8. The summed E-state index contributed by atoms with van der Waals surface area (Å²) in [5.74, 6) is -0.562. The van der Waals surface area contributed by atoms with Crippen molar-refractivity contribution in [3.05, 3.63) is 23.8 Å². The number of ether oxygens (including phenoxy) is 2. The molecule has 0 bridgehead atoms. The number of fused-ring (bicyclic) bond motifs is 3. The van der Waals surface area contributed by atoms with E-state index in [9.17, 15) is 9.59 Å². The molecule has 2 aliphatic heterocycles. The highest BCUT2D eigenvalue weighted by molar-refractivity contribution is 5.98. The van der Waals surface area contributed by atoms with E-state index in [0.29, 0.717) is 5.57 Å². The number of hydrogen-bond donors (Lipinski definition) is 0. The highest BCUT2D eigenvalue weighted by atomic mass is 16.6. The first-order valence-corrected chi connectivity index (χ1v) is 6.70. The molecule has 2 saturated heterocycles. The van der Waals surface area contributed by atoms with Crippen molar-refractivity contribution in [1.29, 1.82) is 0 Å². The lowest BCUT2D eigenvalue weighted by Gasteiger charge is -2.18. The molecule has 0 saturated carbocycles. The monoisotopic (exact) mass is 262 g/mol. The first-order valence-electron chi connectivity index (χ1n) is 6.70. The SMILES string of the molecule is C=C1C(=O)O[C@@H]2[C@H]3O[C@]3(C)CC/C=C(\C)C(=O)C[C@@H]12. The van der Waals surface area contributed by atoms with Crippen molar-refractivity contribution < 1.29 is 19.1 Å². The van der Waals surface area contributed by atoms with Crippen molar-refractivity contribution in [3.63, 3.8) is 0 Å². The largest absolute Gasteiger partial charge is 0.455 e. The Labute approximate surface area is 112 Å². The number of epoxide rings is 1. The number of esters is 1. The average molecular weight is 262 g/mol. The van der Waals surface area contributed by atoms with Gasteiger partial charge in [-0.05, 0) is 32.3 Å². The molecule has 0 amide bonds. The van der Waals surface area contributed by atoms with Gasteiger partial charge in [-0.25, -0.2) is 4.79 Å². The van der Waals surface area contributed by atoms with Crippen molar-refractivity contribution >= 4 is 11.8 Å². The van der Waals surface area contributed by atoms with Crippen LogP contribution in [-0.4, -0.2) is 29.6 Å². The molecule has 0 aromatic rings. The quantitative estimate of drug-likeness (QED) is 0.380. The molecule has 1 aliphatic carbocycles. The summed E-state index contributed by atoms with van der Waals surface area (Å²) in [5, 5.41) is 0. The molecule has 3 aliphatic rings. The summed E-state index contributed by atoms with van der Waals surface area (Å²) >= 11 is 0. The molecule has 2 heterocycles. The summed E-state index contributed by atoms with van der Waals surface area (Å²) in [7, 11) is 0. The Morgan fingerprint density at radius 3 is 2.89 bits per heavy atom. The van der Waals surface area contributed by atoms with E-state index in [1.165, 1.54) is 0 Å². The molecule has 0 N–H and O–H groups in total. The van der Waals surface area contributed by atoms with Crippen LogP contribution in [0.2, 0.25) is 0 Å². The first kappa shape index (κ1) is 12.6. The Bertz CT molecular complexity index is 504. The van der Waals surface area contributed by atoms with Gasteiger partial charge < -0.3 is 9.47 Å². The molecule has 0 radical (unpaired) electrons. The molecule has 0 unspecified atom stereocenters. The van der Waals surface area contributed by atoms with Crippen LogP contribution in [-0.2, 0) is 19.1 Å². The highest BCUT2D eigenvalue weighted by Gasteiger charge is 2.61. The summed E-state index contributed by atoms with van der Waals surface area (Å²) in [6, 6.07) is 0. The number of hydrogen-bond acceptors (Lipinski definition) is 4. The van der Waals surface area contributed by atoms with Gasteiger partial charge in [0.15, 0.2) is 5.78 Å². The topological polar surface area (TPSA) is 55.9 Å². The third-order valence-corrected chi connectivity index (χ3v) is 4.53. The Kier molecular flexibility index (Phi) is 2.68. The van der Waals surface area contributed by atoms with Crippen LogP contribution in [0.25, 0.3) is 0 Å². The fraction of sp³-hybridized carbons (Fsp3) is 0.600. The zero-order valence-electron chi connectivity index (χ0n) is 11.3. The minimum Gasteiger partial charge on any atom is -0.455 e. The third-order valence-electron chi connectivity index (χ3n) is 4.53. The van der Waals surface area contributed by atoms with Crippen LogP contribution >= 0.6 is 0 Å². The van der Waals surface area contributed by atoms with Crippen molar-refractivity contribution in [2.75, 3.05) is 0 Å². The second-order valence-corrected chi connectivity index (χ2v) is 5.91. The standard InChI is InChI=1S/C15H18O4/c1-8-5-4-6-15(3)13(19-15)12-10(7-11(8)16)9(2)14(17)18-12/h5,10,12-13H,2,4,6-7H2,1,3H3/b8-5+/t10-,12-,13+,15+/m0/s1. The molecule has 19 heavy (non-hydrogen) atoms. The van der Waals surface area contributed by atoms with E-state index >= 15 is 0 Å². The van der Waals surface area contributed by atoms with Gasteiger partial charge in [0, 0.05) is 17.9 Å². The normalized spacial score (nSPS) is 44.8. The molecule has 4 nitrogen and oxygen atoms in total. The van der Waals surface area contributed by atoms with E-state index in [4.69, 9.17) is 9.47 Å². The van der Waals surface area contributed by atoms with Gasteiger partial charge in [0.05, 0.1) is 5.60 Å². The number of carbonyl (C=O) groups is 2. The van der Waals surface area contributed by atoms with Crippen molar-refractivity contribution in [2.24, 2.45) is 5.92 Å². The molecular weight excluding hydrogens is 244 g/mol. The molecular formula is C15H18O4. The second kappa shape index (κ2) is 4.04. The summed E-state index contributed by atoms with van der Waals surface area (Å²) in [6.45, 7) is 7.64. The van der Waals surface area contributed by atoms with Gasteiger partial charge >= 0.3 is 5.97 Å². The molecule has 0 aromatic carbocycles. The maximum absolute atomic E-state index is 12.1. The fourth-order valence-corrected chi connectivity index (χ4v) is 3.06. The van der Waals surface area contributed by atoms with Crippen LogP contribution in [0.15, 0.2) is 23.8 Å². The molecule has 4 heteroatoms. The summed E-state index contributed by atoms with van der Waals surface area (Å²) in [4.78, 5) is 23.8. The maximum Gasteiger partial charge on any atom is 0.334 e. The van der Waals surface area contributed by atoms with Gasteiger partial charge in [-0.3, -0.25) is 4.79 Å². The molecule has 2 fully saturated rings. The summed E-state index contributed by atoms with van der Waals surface area (Å²) in [6.07, 6.45) is 3.47. The van der Waals surface area contributed by atoms with Gasteiger partial charge in [0.25, 0.3) is 0 Å². The average Bonchev–Trinajstić information content (AvgIpc) is 2.95.